The highest BCUT2D eigenvalue weighted by molar-refractivity contribution is 6.20. The Hall–Kier alpha value is -1.35. The zero-order chi connectivity index (χ0) is 11.9. The van der Waals surface area contributed by atoms with Crippen molar-refractivity contribution < 1.29 is 4.52 Å². The smallest absolute Gasteiger partial charge is 0.237 e. The monoisotopic (exact) mass is 248 g/mol. The summed E-state index contributed by atoms with van der Waals surface area (Å²) in [5, 5.41) is 3.72. The molecule has 3 nitrogen and oxygen atoms in total. The molecule has 1 aromatic carbocycles. The molecule has 0 aliphatic heterocycles. The van der Waals surface area contributed by atoms with Gasteiger partial charge in [-0.3, -0.25) is 0 Å². The van der Waals surface area contributed by atoms with E-state index in [2.05, 4.69) is 22.3 Å². The number of rotatable bonds is 3. The van der Waals surface area contributed by atoms with E-state index in [1.54, 1.807) is 0 Å². The number of hydrogen-bond donors (Lipinski definition) is 0. The van der Waals surface area contributed by atoms with Crippen molar-refractivity contribution >= 4 is 11.6 Å². The van der Waals surface area contributed by atoms with E-state index >= 15 is 0 Å². The van der Waals surface area contributed by atoms with Gasteiger partial charge in [-0.1, -0.05) is 35.5 Å². The van der Waals surface area contributed by atoms with Gasteiger partial charge in [-0.2, -0.15) is 4.98 Å². The minimum absolute atomic E-state index is 0.0573. The van der Waals surface area contributed by atoms with Crippen LogP contribution in [-0.4, -0.2) is 10.1 Å². The Balaban J connectivity index is 1.98. The molecule has 1 unspecified atom stereocenters. The lowest BCUT2D eigenvalue weighted by Crippen LogP contribution is -2.09. The first-order valence-electron chi connectivity index (χ1n) is 5.76. The molecule has 1 aliphatic rings. The van der Waals surface area contributed by atoms with E-state index in [0.29, 0.717) is 11.7 Å². The van der Waals surface area contributed by atoms with Gasteiger partial charge in [-0.15, -0.1) is 11.6 Å². The second kappa shape index (κ2) is 3.84. The molecule has 0 radical (unpaired) electrons. The van der Waals surface area contributed by atoms with Crippen LogP contribution in [0.2, 0.25) is 0 Å². The quantitative estimate of drug-likeness (QED) is 0.781. The summed E-state index contributed by atoms with van der Waals surface area (Å²) in [5.74, 6) is 1.27. The van der Waals surface area contributed by atoms with Crippen LogP contribution in [0.5, 0.6) is 0 Å². The van der Waals surface area contributed by atoms with Gasteiger partial charge >= 0.3 is 0 Å². The first-order valence-corrected chi connectivity index (χ1v) is 6.20. The van der Waals surface area contributed by atoms with Gasteiger partial charge in [-0.05, 0) is 25.3 Å². The Morgan fingerprint density at radius 2 is 2.00 bits per heavy atom. The Morgan fingerprint density at radius 1 is 1.29 bits per heavy atom. The summed E-state index contributed by atoms with van der Waals surface area (Å²) < 4.78 is 5.36. The molecule has 4 heteroatoms. The largest absolute Gasteiger partial charge is 0.338 e. The summed E-state index contributed by atoms with van der Waals surface area (Å²) >= 11 is 5.95. The van der Waals surface area contributed by atoms with Crippen molar-refractivity contribution in [1.29, 1.82) is 0 Å². The molecule has 1 aliphatic carbocycles. The van der Waals surface area contributed by atoms with Crippen LogP contribution in [0.25, 0.3) is 0 Å². The third kappa shape index (κ3) is 1.75. The highest BCUT2D eigenvalue weighted by atomic mass is 35.5. The van der Waals surface area contributed by atoms with Gasteiger partial charge in [0, 0.05) is 0 Å². The molecule has 1 heterocycles. The summed E-state index contributed by atoms with van der Waals surface area (Å²) in [6.07, 6.45) is 2.13. The van der Waals surface area contributed by atoms with E-state index in [4.69, 9.17) is 16.1 Å². The number of hydrogen-bond acceptors (Lipinski definition) is 3. The van der Waals surface area contributed by atoms with Crippen LogP contribution < -0.4 is 0 Å². The molecular weight excluding hydrogens is 236 g/mol. The van der Waals surface area contributed by atoms with E-state index in [9.17, 15) is 0 Å². The van der Waals surface area contributed by atoms with Crippen molar-refractivity contribution in [2.75, 3.05) is 0 Å². The van der Waals surface area contributed by atoms with Crippen molar-refractivity contribution in [3.8, 4) is 0 Å². The fourth-order valence-corrected chi connectivity index (χ4v) is 2.19. The van der Waals surface area contributed by atoms with Crippen LogP contribution in [0.1, 0.15) is 42.4 Å². The van der Waals surface area contributed by atoms with Gasteiger partial charge in [0.05, 0.1) is 10.8 Å². The topological polar surface area (TPSA) is 38.9 Å². The molecule has 1 aromatic heterocycles. The van der Waals surface area contributed by atoms with Gasteiger partial charge in [0.25, 0.3) is 0 Å². The minimum atomic E-state index is -0.209. The molecule has 2 aromatic rings. The van der Waals surface area contributed by atoms with E-state index in [0.717, 1.165) is 12.8 Å². The van der Waals surface area contributed by atoms with Crippen molar-refractivity contribution in [2.45, 2.75) is 30.6 Å². The fraction of sp³-hybridized carbons (Fsp3) is 0.385. The average Bonchev–Trinajstić information content (AvgIpc) is 3.00. The molecule has 3 rings (SSSR count). The van der Waals surface area contributed by atoms with E-state index in [1.165, 1.54) is 5.56 Å². The van der Waals surface area contributed by atoms with E-state index in [-0.39, 0.29) is 10.8 Å². The summed E-state index contributed by atoms with van der Waals surface area (Å²) in [4.78, 5) is 4.41. The number of nitrogens with zero attached hydrogens (tertiary/aromatic N) is 2. The highest BCUT2D eigenvalue weighted by Gasteiger charge is 2.50. The lowest BCUT2D eigenvalue weighted by Gasteiger charge is -2.09. The predicted octanol–water partition coefficient (Wildman–Crippen LogP) is 3.45. The van der Waals surface area contributed by atoms with Gasteiger partial charge in [0.2, 0.25) is 5.89 Å². The van der Waals surface area contributed by atoms with Crippen molar-refractivity contribution in [3.05, 3.63) is 47.6 Å². The molecule has 1 fully saturated rings. The normalized spacial score (nSPS) is 18.9. The Labute approximate surface area is 105 Å². The Morgan fingerprint density at radius 3 is 2.53 bits per heavy atom. The Bertz CT molecular complexity index is 517. The maximum absolute atomic E-state index is 5.95. The zero-order valence-corrected chi connectivity index (χ0v) is 10.3. The van der Waals surface area contributed by atoms with Crippen LogP contribution in [0, 0.1) is 0 Å². The summed E-state index contributed by atoms with van der Waals surface area (Å²) in [6.45, 7) is 1.85. The number of aromatic nitrogens is 2. The second-order valence-corrected chi connectivity index (χ2v) is 5.18. The van der Waals surface area contributed by atoms with E-state index < -0.39 is 0 Å². The predicted molar refractivity (Wildman–Crippen MR) is 65.0 cm³/mol. The van der Waals surface area contributed by atoms with Crippen LogP contribution in [0.15, 0.2) is 34.9 Å². The molecule has 0 N–H and O–H groups in total. The average molecular weight is 249 g/mol. The lowest BCUT2D eigenvalue weighted by molar-refractivity contribution is 0.355. The number of alkyl halides is 1. The molecule has 1 atom stereocenters. The van der Waals surface area contributed by atoms with Crippen molar-refractivity contribution in [2.24, 2.45) is 0 Å². The van der Waals surface area contributed by atoms with Crippen molar-refractivity contribution in [1.82, 2.24) is 10.1 Å². The summed E-state index contributed by atoms with van der Waals surface area (Å²) in [7, 11) is 0. The summed E-state index contributed by atoms with van der Waals surface area (Å²) in [6, 6.07) is 10.3. The molecule has 0 saturated heterocycles. The molecule has 1 saturated carbocycles. The molecule has 0 spiro atoms. The molecule has 0 amide bonds. The molecule has 17 heavy (non-hydrogen) atoms. The third-order valence-electron chi connectivity index (χ3n) is 3.28. The van der Waals surface area contributed by atoms with Crippen LogP contribution in [0.3, 0.4) is 0 Å². The molecule has 88 valence electrons. The number of halogens is 1. The SMILES string of the molecule is CC(Cl)c1noc(C2(c3ccccc3)CC2)n1. The molecule has 0 bridgehead atoms. The first-order chi connectivity index (χ1) is 8.22. The van der Waals surface area contributed by atoms with E-state index in [1.807, 2.05) is 25.1 Å². The van der Waals surface area contributed by atoms with Gasteiger partial charge in [-0.25, -0.2) is 0 Å². The van der Waals surface area contributed by atoms with Crippen LogP contribution in [0.4, 0.5) is 0 Å². The lowest BCUT2D eigenvalue weighted by atomic mass is 9.96. The number of benzene rings is 1. The highest BCUT2D eigenvalue weighted by Crippen LogP contribution is 2.52. The van der Waals surface area contributed by atoms with Crippen LogP contribution >= 0.6 is 11.6 Å². The second-order valence-electron chi connectivity index (χ2n) is 4.52. The van der Waals surface area contributed by atoms with Gasteiger partial charge in [0.15, 0.2) is 5.82 Å². The standard InChI is InChI=1S/C13H13ClN2O/c1-9(14)11-15-12(17-16-11)13(7-8-13)10-5-3-2-4-6-10/h2-6,9H,7-8H2,1H3. The molecular formula is C13H13ClN2O. The van der Waals surface area contributed by atoms with Gasteiger partial charge < -0.3 is 4.52 Å². The zero-order valence-electron chi connectivity index (χ0n) is 9.56. The first kappa shape index (κ1) is 10.8. The van der Waals surface area contributed by atoms with Gasteiger partial charge in [0.1, 0.15) is 0 Å². The third-order valence-corrected chi connectivity index (χ3v) is 3.48. The maximum Gasteiger partial charge on any atom is 0.237 e. The maximum atomic E-state index is 5.95. The minimum Gasteiger partial charge on any atom is -0.338 e. The van der Waals surface area contributed by atoms with Crippen LogP contribution in [-0.2, 0) is 5.41 Å². The fourth-order valence-electron chi connectivity index (χ4n) is 2.10. The summed E-state index contributed by atoms with van der Waals surface area (Å²) in [5.41, 5.74) is 1.19. The Kier molecular flexibility index (Phi) is 2.44. The van der Waals surface area contributed by atoms with Crippen molar-refractivity contribution in [3.63, 3.8) is 0 Å².